The van der Waals surface area contributed by atoms with E-state index >= 15 is 0 Å². The molecule has 1 heterocycles. The van der Waals surface area contributed by atoms with Gasteiger partial charge in [0, 0.05) is 41.3 Å². The van der Waals surface area contributed by atoms with E-state index in [4.69, 9.17) is 17.2 Å². The molecule has 0 radical (unpaired) electrons. The number of aliphatic imine (C=N–C) groups is 1. The van der Waals surface area contributed by atoms with Crippen molar-refractivity contribution >= 4 is 29.0 Å². The normalized spacial score (nSPS) is 14.9. The fraction of sp³-hybridized carbons (Fsp3) is 0.286. The number of nitrogens with one attached hydrogen (secondary N) is 1. The molecule has 0 saturated heterocycles. The van der Waals surface area contributed by atoms with Crippen LogP contribution in [-0.2, 0) is 9.59 Å². The number of nitrogens with zero attached hydrogens (tertiary/aromatic N) is 3. The van der Waals surface area contributed by atoms with Crippen LogP contribution in [0.1, 0.15) is 37.8 Å². The van der Waals surface area contributed by atoms with Crippen molar-refractivity contribution in [3.63, 3.8) is 0 Å². The van der Waals surface area contributed by atoms with Crippen LogP contribution in [0, 0.1) is 12.8 Å². The van der Waals surface area contributed by atoms with E-state index in [0.29, 0.717) is 16.9 Å². The van der Waals surface area contributed by atoms with Crippen molar-refractivity contribution < 1.29 is 65.4 Å². The number of hydrogen-bond donors (Lipinski definition) is 4. The zero-order valence-corrected chi connectivity index (χ0v) is 26.1. The van der Waals surface area contributed by atoms with E-state index in [1.54, 1.807) is 37.7 Å². The molecule has 1 aromatic heterocycles. The summed E-state index contributed by atoms with van der Waals surface area (Å²) in [6, 6.07) is 7.26. The number of alkyl halides is 1. The van der Waals surface area contributed by atoms with Crippen molar-refractivity contribution in [2.24, 2.45) is 28.1 Å². The Labute approximate surface area is 270 Å². The van der Waals surface area contributed by atoms with E-state index in [0.717, 1.165) is 35.7 Å². The second kappa shape index (κ2) is 14.0. The number of pyridine rings is 1. The quantitative estimate of drug-likeness (QED) is 0.118. The van der Waals surface area contributed by atoms with Gasteiger partial charge in [0.1, 0.15) is 11.5 Å². The van der Waals surface area contributed by atoms with Crippen molar-refractivity contribution in [1.29, 1.82) is 0 Å². The summed E-state index contributed by atoms with van der Waals surface area (Å²) in [5.41, 5.74) is 19.7. The Balaban J connectivity index is 0.00000533. The van der Waals surface area contributed by atoms with Gasteiger partial charge in [-0.1, -0.05) is 6.07 Å². The molecular formula is C28H33FKN7O2. The number of allylic oxidation sites excluding steroid dienone is 2. The summed E-state index contributed by atoms with van der Waals surface area (Å²) in [6.45, 7) is 4.57. The maximum atomic E-state index is 14.2. The SMILES string of the molecule is C[N-]/C(=C\C(N)=NC(=O)C1CC1)c1cncc(-c2cc(NC(=O)/C(N)=C/C(=C\N)C(C)(C)F)ccc2C)c1.[K+]. The van der Waals surface area contributed by atoms with Crippen molar-refractivity contribution in [2.75, 3.05) is 12.4 Å². The molecule has 200 valence electrons. The minimum atomic E-state index is -1.75. The Kier molecular flexibility index (Phi) is 11.6. The fourth-order valence-corrected chi connectivity index (χ4v) is 3.59. The Bertz CT molecular complexity index is 1360. The van der Waals surface area contributed by atoms with Gasteiger partial charge in [0.15, 0.2) is 0 Å². The van der Waals surface area contributed by atoms with Gasteiger partial charge in [-0.2, -0.15) is 4.99 Å². The molecule has 1 aromatic carbocycles. The standard InChI is InChI=1S/C28H34FN7O2.K/c1-16-5-8-21(35-27(38)23(31)10-20(13-30)28(2,3)29)11-22(16)18-9-19(15-34-14-18)24(33-4)12-25(32)36-26(37)17-6-7-17;/h5,8-15,17H,6-7,31H2,1-4H3,(H6,30,32,33,35,36,37,38);/q;+1/p-1. The number of amidine groups is 1. The summed E-state index contributed by atoms with van der Waals surface area (Å²) in [5, 5.41) is 7.01. The van der Waals surface area contributed by atoms with Gasteiger partial charge in [-0.15, -0.1) is 12.7 Å². The summed E-state index contributed by atoms with van der Waals surface area (Å²) >= 11 is 0. The monoisotopic (exact) mass is 557 g/mol. The van der Waals surface area contributed by atoms with Gasteiger partial charge in [-0.05, 0) is 80.7 Å². The molecule has 0 spiro atoms. The first-order chi connectivity index (χ1) is 17.9. The number of anilines is 1. The maximum Gasteiger partial charge on any atom is 1.00 e. The van der Waals surface area contributed by atoms with Crippen LogP contribution >= 0.6 is 0 Å². The first kappa shape index (κ1) is 32.4. The van der Waals surface area contributed by atoms with Gasteiger partial charge in [0.25, 0.3) is 11.8 Å². The average molecular weight is 558 g/mol. The van der Waals surface area contributed by atoms with Gasteiger partial charge < -0.3 is 27.8 Å². The molecule has 39 heavy (non-hydrogen) atoms. The molecule has 3 rings (SSSR count). The third-order valence-corrected chi connectivity index (χ3v) is 5.97. The summed E-state index contributed by atoms with van der Waals surface area (Å²) < 4.78 is 14.2. The molecule has 0 unspecified atom stereocenters. The van der Waals surface area contributed by atoms with E-state index in [9.17, 15) is 14.0 Å². The number of carbonyl (C=O) groups excluding carboxylic acids is 2. The number of carbonyl (C=O) groups is 2. The molecule has 1 aliphatic carbocycles. The van der Waals surface area contributed by atoms with E-state index < -0.39 is 11.6 Å². The van der Waals surface area contributed by atoms with Gasteiger partial charge in [0.2, 0.25) is 0 Å². The van der Waals surface area contributed by atoms with Crippen molar-refractivity contribution in [1.82, 2.24) is 4.98 Å². The molecule has 0 bridgehead atoms. The van der Waals surface area contributed by atoms with Crippen LogP contribution < -0.4 is 73.9 Å². The van der Waals surface area contributed by atoms with Gasteiger partial charge in [-0.25, -0.2) is 4.39 Å². The minimum absolute atomic E-state index is 0. The largest absolute Gasteiger partial charge is 1.00 e. The Morgan fingerprint density at radius 3 is 2.46 bits per heavy atom. The number of hydrogen-bond acceptors (Lipinski definition) is 5. The molecule has 1 saturated carbocycles. The molecule has 1 aliphatic rings. The van der Waals surface area contributed by atoms with Crippen LogP contribution in [0.3, 0.4) is 0 Å². The smallest absolute Gasteiger partial charge is 0.686 e. The van der Waals surface area contributed by atoms with Crippen LogP contribution in [0.4, 0.5) is 10.1 Å². The predicted octanol–water partition coefficient (Wildman–Crippen LogP) is 1.07. The van der Waals surface area contributed by atoms with E-state index in [2.05, 4.69) is 20.6 Å². The van der Waals surface area contributed by atoms with E-state index in [1.165, 1.54) is 19.9 Å². The second-order valence-corrected chi connectivity index (χ2v) is 9.54. The number of nitrogens with two attached hydrogens (primary N) is 3. The molecule has 0 atom stereocenters. The number of rotatable bonds is 9. The number of aromatic nitrogens is 1. The predicted molar refractivity (Wildman–Crippen MR) is 149 cm³/mol. The zero-order valence-electron chi connectivity index (χ0n) is 23.0. The van der Waals surface area contributed by atoms with E-state index in [1.807, 2.05) is 19.1 Å². The molecule has 9 nitrogen and oxygen atoms in total. The third-order valence-electron chi connectivity index (χ3n) is 5.97. The van der Waals surface area contributed by atoms with Crippen LogP contribution in [0.5, 0.6) is 0 Å². The molecular weight excluding hydrogens is 524 g/mol. The van der Waals surface area contributed by atoms with Gasteiger partial charge in [-0.3, -0.25) is 14.6 Å². The summed E-state index contributed by atoms with van der Waals surface area (Å²) in [7, 11) is 1.61. The topological polar surface area (TPSA) is 164 Å². The third kappa shape index (κ3) is 9.11. The number of halogens is 1. The Morgan fingerprint density at radius 1 is 1.18 bits per heavy atom. The molecule has 11 heteroatoms. The van der Waals surface area contributed by atoms with Crippen molar-refractivity contribution in [3.8, 4) is 11.1 Å². The van der Waals surface area contributed by atoms with Crippen LogP contribution in [0.25, 0.3) is 22.1 Å². The van der Waals surface area contributed by atoms with Crippen LogP contribution in [-0.4, -0.2) is 35.4 Å². The molecule has 0 aliphatic heterocycles. The van der Waals surface area contributed by atoms with Gasteiger partial charge >= 0.3 is 51.4 Å². The first-order valence-electron chi connectivity index (χ1n) is 12.1. The number of amides is 2. The van der Waals surface area contributed by atoms with Crippen molar-refractivity contribution in [3.05, 3.63) is 82.7 Å². The Hall–Kier alpha value is -2.83. The first-order valence-corrected chi connectivity index (χ1v) is 12.1. The summed E-state index contributed by atoms with van der Waals surface area (Å²) in [5.74, 6) is -0.746. The fourth-order valence-electron chi connectivity index (χ4n) is 3.59. The summed E-state index contributed by atoms with van der Waals surface area (Å²) in [6.07, 6.45) is 8.86. The molecule has 1 fully saturated rings. The maximum absolute atomic E-state index is 14.2. The number of benzene rings is 1. The molecule has 2 aromatic rings. The zero-order chi connectivity index (χ0) is 28.0. The second-order valence-electron chi connectivity index (χ2n) is 9.54. The van der Waals surface area contributed by atoms with Crippen LogP contribution in [0.2, 0.25) is 0 Å². The van der Waals surface area contributed by atoms with E-state index in [-0.39, 0.29) is 80.3 Å². The van der Waals surface area contributed by atoms with Crippen molar-refractivity contribution in [2.45, 2.75) is 39.3 Å². The minimum Gasteiger partial charge on any atom is -0.686 e. The molecule has 7 N–H and O–H groups in total. The van der Waals surface area contributed by atoms with Crippen LogP contribution in [0.15, 0.2) is 71.3 Å². The number of aryl methyl sites for hydroxylation is 1. The molecule has 2 amide bonds. The van der Waals surface area contributed by atoms with Gasteiger partial charge in [0.05, 0.1) is 5.70 Å². The average Bonchev–Trinajstić information content (AvgIpc) is 3.72. The summed E-state index contributed by atoms with van der Waals surface area (Å²) in [4.78, 5) is 32.9. The Morgan fingerprint density at radius 2 is 1.87 bits per heavy atom.